The lowest BCUT2D eigenvalue weighted by Gasteiger charge is -2.51. The summed E-state index contributed by atoms with van der Waals surface area (Å²) in [6.45, 7) is 10.4. The quantitative estimate of drug-likeness (QED) is 0.162. The molecule has 3 rings (SSSR count). The molecular weight excluding hydrogens is 477 g/mol. The molecule has 3 nitrogen and oxygen atoms in total. The van der Waals surface area contributed by atoms with E-state index >= 15 is 0 Å². The Balaban J connectivity index is 1.49. The molecule has 0 saturated heterocycles. The Kier molecular flexibility index (Phi) is 13.8. The van der Waals surface area contributed by atoms with E-state index in [0.29, 0.717) is 11.2 Å². The zero-order chi connectivity index (χ0) is 28.0. The van der Waals surface area contributed by atoms with Crippen LogP contribution in [0.1, 0.15) is 143 Å². The van der Waals surface area contributed by atoms with Crippen LogP contribution in [0.4, 0.5) is 0 Å². The van der Waals surface area contributed by atoms with E-state index in [4.69, 9.17) is 4.74 Å². The van der Waals surface area contributed by atoms with Gasteiger partial charge in [0.05, 0.1) is 0 Å². The van der Waals surface area contributed by atoms with E-state index in [9.17, 15) is 4.79 Å². The van der Waals surface area contributed by atoms with Crippen LogP contribution in [0.3, 0.4) is 0 Å². The average molecular weight is 538 g/mol. The summed E-state index contributed by atoms with van der Waals surface area (Å²) < 4.78 is 5.75. The predicted octanol–water partition coefficient (Wildman–Crippen LogP) is 9.61. The van der Waals surface area contributed by atoms with Crippen molar-refractivity contribution in [3.63, 3.8) is 0 Å². The summed E-state index contributed by atoms with van der Waals surface area (Å²) in [5.41, 5.74) is 0.399. The van der Waals surface area contributed by atoms with E-state index in [1.54, 1.807) is 6.08 Å². The second-order valence-corrected chi connectivity index (χ2v) is 13.3. The number of hydrogen-bond donors (Lipinski definition) is 1. The molecule has 1 N–H and O–H groups in total. The van der Waals surface area contributed by atoms with Crippen molar-refractivity contribution in [3.8, 4) is 0 Å². The second kappa shape index (κ2) is 16.7. The summed E-state index contributed by atoms with van der Waals surface area (Å²) in [5.74, 6) is 3.59. The lowest BCUT2D eigenvalue weighted by Crippen LogP contribution is -2.53. The lowest BCUT2D eigenvalue weighted by molar-refractivity contribution is -0.127. The van der Waals surface area contributed by atoms with Crippen molar-refractivity contribution in [2.75, 3.05) is 6.61 Å². The molecule has 0 atom stereocenters. The standard InChI is InChI=1S/C35H60BNO2/c1-5-9-23-32(6-2)39-28-33(38)37-35(8-4)26-24-34(7-3,25-27-35)29-17-15-21-31(22-16-18-29)36-30-19-13-11-10-12-14-20-30/h5-6,9,23,29-31,36H,1,7-8,10-22,24-28H2,2-4H3,(H,37,38)/b23-9-,32-6+. The summed E-state index contributed by atoms with van der Waals surface area (Å²) in [6, 6.07) is 0. The summed E-state index contributed by atoms with van der Waals surface area (Å²) in [7, 11) is 1.52. The van der Waals surface area contributed by atoms with Crippen molar-refractivity contribution >= 4 is 13.2 Å². The fraction of sp³-hybridized carbons (Fsp3) is 0.800. The molecule has 4 heteroatoms. The maximum atomic E-state index is 12.9. The Hall–Kier alpha value is -1.45. The number of allylic oxidation sites excluding steroid dienone is 4. The van der Waals surface area contributed by atoms with Crippen LogP contribution in [-0.4, -0.2) is 25.3 Å². The monoisotopic (exact) mass is 537 g/mol. The number of hydrogen-bond acceptors (Lipinski definition) is 2. The van der Waals surface area contributed by atoms with Gasteiger partial charge >= 0.3 is 0 Å². The predicted molar refractivity (Wildman–Crippen MR) is 170 cm³/mol. The van der Waals surface area contributed by atoms with Crippen LogP contribution in [0, 0.1) is 11.3 Å². The molecule has 3 aliphatic rings. The summed E-state index contributed by atoms with van der Waals surface area (Å²) in [5, 5.41) is 3.42. The Morgan fingerprint density at radius 2 is 1.46 bits per heavy atom. The first-order valence-electron chi connectivity index (χ1n) is 16.9. The average Bonchev–Trinajstić information content (AvgIpc) is 2.92. The number of ether oxygens (including phenoxy) is 1. The van der Waals surface area contributed by atoms with Crippen LogP contribution in [0.5, 0.6) is 0 Å². The third-order valence-corrected chi connectivity index (χ3v) is 11.1. The van der Waals surface area contributed by atoms with Gasteiger partial charge in [-0.05, 0) is 75.4 Å². The maximum absolute atomic E-state index is 12.9. The van der Waals surface area contributed by atoms with Gasteiger partial charge in [0.15, 0.2) is 6.61 Å². The highest BCUT2D eigenvalue weighted by atomic mass is 16.5. The molecule has 0 aromatic rings. The first-order chi connectivity index (χ1) is 19.0. The van der Waals surface area contributed by atoms with Gasteiger partial charge in [0, 0.05) is 5.54 Å². The van der Waals surface area contributed by atoms with Crippen molar-refractivity contribution in [2.45, 2.75) is 160 Å². The molecule has 0 unspecified atom stereocenters. The number of carbonyl (C=O) groups excluding carboxylic acids is 1. The van der Waals surface area contributed by atoms with Gasteiger partial charge in [0.1, 0.15) is 13.0 Å². The van der Waals surface area contributed by atoms with Gasteiger partial charge in [0.2, 0.25) is 0 Å². The molecule has 0 aromatic carbocycles. The number of carbonyl (C=O) groups is 1. The van der Waals surface area contributed by atoms with Crippen molar-refractivity contribution in [1.82, 2.24) is 5.32 Å². The fourth-order valence-electron chi connectivity index (χ4n) is 8.41. The highest BCUT2D eigenvalue weighted by Gasteiger charge is 2.45. The van der Waals surface area contributed by atoms with Crippen LogP contribution in [-0.2, 0) is 9.53 Å². The zero-order valence-corrected chi connectivity index (χ0v) is 25.9. The first-order valence-corrected chi connectivity index (χ1v) is 16.9. The number of nitrogens with one attached hydrogen (secondary N) is 1. The van der Waals surface area contributed by atoms with E-state index in [2.05, 4.69) is 25.7 Å². The Labute approximate surface area is 242 Å². The third-order valence-electron chi connectivity index (χ3n) is 11.1. The van der Waals surface area contributed by atoms with E-state index in [1.807, 2.05) is 25.2 Å². The molecule has 1 amide bonds. The fourth-order valence-corrected chi connectivity index (χ4v) is 8.41. The van der Waals surface area contributed by atoms with Crippen LogP contribution < -0.4 is 5.32 Å². The Bertz CT molecular complexity index is 776. The summed E-state index contributed by atoms with van der Waals surface area (Å²) >= 11 is 0. The van der Waals surface area contributed by atoms with E-state index in [1.165, 1.54) is 110 Å². The number of amides is 1. The Morgan fingerprint density at radius 1 is 0.872 bits per heavy atom. The Morgan fingerprint density at radius 3 is 2.00 bits per heavy atom. The molecule has 3 saturated carbocycles. The van der Waals surface area contributed by atoms with Gasteiger partial charge < -0.3 is 10.1 Å². The molecule has 0 radical (unpaired) electrons. The van der Waals surface area contributed by atoms with Gasteiger partial charge in [-0.2, -0.15) is 0 Å². The van der Waals surface area contributed by atoms with Gasteiger partial charge in [0.25, 0.3) is 5.91 Å². The van der Waals surface area contributed by atoms with Gasteiger partial charge in [-0.25, -0.2) is 0 Å². The molecular formula is C35H60BNO2. The largest absolute Gasteiger partial charge is 0.484 e. The third kappa shape index (κ3) is 9.85. The van der Waals surface area contributed by atoms with Gasteiger partial charge in [-0.3, -0.25) is 4.79 Å². The minimum Gasteiger partial charge on any atom is -0.484 e. The van der Waals surface area contributed by atoms with Gasteiger partial charge in [-0.1, -0.05) is 121 Å². The van der Waals surface area contributed by atoms with Crippen LogP contribution in [0.2, 0.25) is 11.6 Å². The summed E-state index contributed by atoms with van der Waals surface area (Å²) in [4.78, 5) is 12.9. The molecule has 3 fully saturated rings. The van der Waals surface area contributed by atoms with Crippen molar-refractivity contribution in [2.24, 2.45) is 11.3 Å². The minimum absolute atomic E-state index is 0.00786. The molecule has 0 heterocycles. The van der Waals surface area contributed by atoms with E-state index in [0.717, 1.165) is 36.8 Å². The smallest absolute Gasteiger partial charge is 0.258 e. The maximum Gasteiger partial charge on any atom is 0.258 e. The molecule has 3 aliphatic carbocycles. The van der Waals surface area contributed by atoms with Crippen LogP contribution >= 0.6 is 0 Å². The van der Waals surface area contributed by atoms with Crippen molar-refractivity contribution in [3.05, 3.63) is 36.6 Å². The lowest BCUT2D eigenvalue weighted by atomic mass is 9.49. The topological polar surface area (TPSA) is 38.3 Å². The molecule has 0 aromatic heterocycles. The molecule has 220 valence electrons. The number of rotatable bonds is 11. The first kappa shape index (κ1) is 32.1. The highest BCUT2D eigenvalue weighted by molar-refractivity contribution is 6.39. The molecule has 0 aliphatic heterocycles. The highest BCUT2D eigenvalue weighted by Crippen LogP contribution is 2.53. The molecule has 0 spiro atoms. The SMILES string of the molecule is C=C/C=C\C(=C/C)OCC(=O)NC1(CC)CCC(CC)(C2CCCC(BC3CCCCCCC3)CCC2)CC1. The summed E-state index contributed by atoms with van der Waals surface area (Å²) in [6.07, 6.45) is 33.4. The second-order valence-electron chi connectivity index (χ2n) is 13.3. The van der Waals surface area contributed by atoms with Gasteiger partial charge in [-0.15, -0.1) is 0 Å². The zero-order valence-electron chi connectivity index (χ0n) is 25.9. The van der Waals surface area contributed by atoms with E-state index < -0.39 is 0 Å². The normalized spacial score (nSPS) is 31.9. The van der Waals surface area contributed by atoms with Crippen LogP contribution in [0.15, 0.2) is 36.6 Å². The minimum atomic E-state index is -0.0730. The van der Waals surface area contributed by atoms with Crippen molar-refractivity contribution < 1.29 is 9.53 Å². The van der Waals surface area contributed by atoms with Crippen LogP contribution in [0.25, 0.3) is 0 Å². The van der Waals surface area contributed by atoms with Crippen molar-refractivity contribution in [1.29, 1.82) is 0 Å². The van der Waals surface area contributed by atoms with E-state index in [-0.39, 0.29) is 18.1 Å². The molecule has 0 bridgehead atoms. The molecule has 39 heavy (non-hydrogen) atoms.